The molecule has 0 atom stereocenters. The number of nitro groups is 1. The number of nitrogens with one attached hydrogen (secondary N) is 3. The van der Waals surface area contributed by atoms with E-state index in [0.717, 1.165) is 6.20 Å². The van der Waals surface area contributed by atoms with Crippen molar-refractivity contribution in [2.75, 3.05) is 30.8 Å². The SMILES string of the molecule is CCNC(=O)CNc1nc(NC)ncc1[N+](=O)[O-]. The highest BCUT2D eigenvalue weighted by molar-refractivity contribution is 5.81. The number of likely N-dealkylation sites (N-methyl/N-ethyl adjacent to an activating group) is 1. The van der Waals surface area contributed by atoms with Crippen molar-refractivity contribution in [1.29, 1.82) is 0 Å². The molecule has 0 spiro atoms. The molecule has 0 aliphatic heterocycles. The molecule has 18 heavy (non-hydrogen) atoms. The zero-order chi connectivity index (χ0) is 13.5. The highest BCUT2D eigenvalue weighted by Crippen LogP contribution is 2.21. The summed E-state index contributed by atoms with van der Waals surface area (Å²) in [5, 5.41) is 18.6. The van der Waals surface area contributed by atoms with E-state index in [1.54, 1.807) is 14.0 Å². The van der Waals surface area contributed by atoms with E-state index in [4.69, 9.17) is 0 Å². The lowest BCUT2D eigenvalue weighted by atomic mass is 10.4. The largest absolute Gasteiger partial charge is 0.357 e. The van der Waals surface area contributed by atoms with Gasteiger partial charge < -0.3 is 16.0 Å². The molecule has 1 amide bonds. The minimum absolute atomic E-state index is 0.00519. The molecule has 1 aromatic rings. The van der Waals surface area contributed by atoms with Gasteiger partial charge in [0.25, 0.3) is 0 Å². The Morgan fingerprint density at radius 3 is 2.83 bits per heavy atom. The predicted molar refractivity (Wildman–Crippen MR) is 65.4 cm³/mol. The van der Waals surface area contributed by atoms with Crippen molar-refractivity contribution >= 4 is 23.4 Å². The van der Waals surface area contributed by atoms with Crippen LogP contribution in [0.4, 0.5) is 17.5 Å². The molecule has 3 N–H and O–H groups in total. The van der Waals surface area contributed by atoms with E-state index in [-0.39, 0.29) is 29.9 Å². The van der Waals surface area contributed by atoms with Gasteiger partial charge in [0.15, 0.2) is 0 Å². The van der Waals surface area contributed by atoms with Crippen LogP contribution in [-0.2, 0) is 4.79 Å². The first-order valence-electron chi connectivity index (χ1n) is 5.28. The molecule has 0 saturated carbocycles. The number of anilines is 2. The Hall–Kier alpha value is -2.45. The Kier molecular flexibility index (Phi) is 4.78. The summed E-state index contributed by atoms with van der Waals surface area (Å²) < 4.78 is 0. The van der Waals surface area contributed by atoms with Crippen LogP contribution in [-0.4, -0.2) is 40.9 Å². The summed E-state index contributed by atoms with van der Waals surface area (Å²) in [6.45, 7) is 2.19. The summed E-state index contributed by atoms with van der Waals surface area (Å²) in [6, 6.07) is 0. The van der Waals surface area contributed by atoms with E-state index in [9.17, 15) is 14.9 Å². The predicted octanol–water partition coefficient (Wildman–Crippen LogP) is -0.0255. The first-order chi connectivity index (χ1) is 8.58. The molecule has 9 heteroatoms. The molecule has 9 nitrogen and oxygen atoms in total. The minimum atomic E-state index is -0.612. The van der Waals surface area contributed by atoms with Crippen LogP contribution >= 0.6 is 0 Å². The summed E-state index contributed by atoms with van der Waals surface area (Å²) in [5.74, 6) is -0.0268. The maximum absolute atomic E-state index is 11.2. The molecule has 0 fully saturated rings. The lowest BCUT2D eigenvalue weighted by molar-refractivity contribution is -0.384. The quantitative estimate of drug-likeness (QED) is 0.481. The number of hydrogen-bond donors (Lipinski definition) is 3. The number of carbonyl (C=O) groups excluding carboxylic acids is 1. The fraction of sp³-hybridized carbons (Fsp3) is 0.444. The van der Waals surface area contributed by atoms with Crippen molar-refractivity contribution in [3.63, 3.8) is 0 Å². The number of aromatic nitrogens is 2. The number of hydrogen-bond acceptors (Lipinski definition) is 7. The van der Waals surface area contributed by atoms with Crippen LogP contribution in [0.5, 0.6) is 0 Å². The summed E-state index contributed by atoms with van der Waals surface area (Å²) in [4.78, 5) is 29.0. The Labute approximate surface area is 103 Å². The van der Waals surface area contributed by atoms with Gasteiger partial charge in [0.1, 0.15) is 6.20 Å². The summed E-state index contributed by atoms with van der Waals surface area (Å²) >= 11 is 0. The van der Waals surface area contributed by atoms with E-state index in [0.29, 0.717) is 6.54 Å². The second-order valence-electron chi connectivity index (χ2n) is 3.24. The summed E-state index contributed by atoms with van der Waals surface area (Å²) in [5.41, 5.74) is -0.279. The van der Waals surface area contributed by atoms with E-state index in [1.165, 1.54) is 0 Å². The highest BCUT2D eigenvalue weighted by atomic mass is 16.6. The smallest absolute Gasteiger partial charge is 0.329 e. The Morgan fingerprint density at radius 1 is 1.56 bits per heavy atom. The van der Waals surface area contributed by atoms with E-state index in [1.807, 2.05) is 0 Å². The van der Waals surface area contributed by atoms with E-state index < -0.39 is 4.92 Å². The van der Waals surface area contributed by atoms with Gasteiger partial charge in [-0.15, -0.1) is 0 Å². The summed E-state index contributed by atoms with van der Waals surface area (Å²) in [7, 11) is 1.59. The summed E-state index contributed by atoms with van der Waals surface area (Å²) in [6.07, 6.45) is 1.08. The van der Waals surface area contributed by atoms with Gasteiger partial charge in [0.2, 0.25) is 17.7 Å². The van der Waals surface area contributed by atoms with Gasteiger partial charge in [-0.3, -0.25) is 14.9 Å². The molecule has 0 radical (unpaired) electrons. The van der Waals surface area contributed by atoms with Gasteiger partial charge in [-0.2, -0.15) is 4.98 Å². The van der Waals surface area contributed by atoms with Crippen LogP contribution in [0.3, 0.4) is 0 Å². The van der Waals surface area contributed by atoms with Crippen molar-refractivity contribution in [2.24, 2.45) is 0 Å². The first kappa shape index (κ1) is 13.6. The molecule has 0 aliphatic carbocycles. The van der Waals surface area contributed by atoms with Crippen molar-refractivity contribution < 1.29 is 9.72 Å². The maximum atomic E-state index is 11.2. The lowest BCUT2D eigenvalue weighted by Crippen LogP contribution is -2.29. The average molecular weight is 254 g/mol. The monoisotopic (exact) mass is 254 g/mol. The normalized spacial score (nSPS) is 9.67. The topological polar surface area (TPSA) is 122 Å². The maximum Gasteiger partial charge on any atom is 0.329 e. The highest BCUT2D eigenvalue weighted by Gasteiger charge is 2.17. The van der Waals surface area contributed by atoms with Gasteiger partial charge >= 0.3 is 5.69 Å². The molecular weight excluding hydrogens is 240 g/mol. The van der Waals surface area contributed by atoms with Gasteiger partial charge in [-0.25, -0.2) is 4.98 Å². The Balaban J connectivity index is 2.84. The molecule has 0 aromatic carbocycles. The van der Waals surface area contributed by atoms with Crippen molar-refractivity contribution in [3.05, 3.63) is 16.3 Å². The second kappa shape index (κ2) is 6.33. The Morgan fingerprint density at radius 2 is 2.28 bits per heavy atom. The molecule has 1 heterocycles. The van der Waals surface area contributed by atoms with Gasteiger partial charge in [0, 0.05) is 13.6 Å². The Bertz CT molecular complexity index is 450. The van der Waals surface area contributed by atoms with Crippen LogP contribution in [0.25, 0.3) is 0 Å². The first-order valence-corrected chi connectivity index (χ1v) is 5.28. The second-order valence-corrected chi connectivity index (χ2v) is 3.24. The average Bonchev–Trinajstić information content (AvgIpc) is 2.36. The van der Waals surface area contributed by atoms with Crippen LogP contribution < -0.4 is 16.0 Å². The van der Waals surface area contributed by atoms with Crippen molar-refractivity contribution in [3.8, 4) is 0 Å². The number of rotatable bonds is 6. The minimum Gasteiger partial charge on any atom is -0.357 e. The van der Waals surface area contributed by atoms with Crippen LogP contribution in [0, 0.1) is 10.1 Å². The zero-order valence-corrected chi connectivity index (χ0v) is 10.1. The number of carbonyl (C=O) groups is 1. The van der Waals surface area contributed by atoms with Gasteiger partial charge in [-0.05, 0) is 6.92 Å². The molecule has 0 saturated heterocycles. The van der Waals surface area contributed by atoms with Gasteiger partial charge in [0.05, 0.1) is 11.5 Å². The third-order valence-corrected chi connectivity index (χ3v) is 1.98. The van der Waals surface area contributed by atoms with Crippen molar-refractivity contribution in [2.45, 2.75) is 6.92 Å². The van der Waals surface area contributed by atoms with Gasteiger partial charge in [-0.1, -0.05) is 0 Å². The van der Waals surface area contributed by atoms with E-state index in [2.05, 4.69) is 25.9 Å². The lowest BCUT2D eigenvalue weighted by Gasteiger charge is -2.07. The van der Waals surface area contributed by atoms with Crippen molar-refractivity contribution in [1.82, 2.24) is 15.3 Å². The molecular formula is C9H14N6O3. The molecule has 0 aliphatic rings. The molecule has 0 unspecified atom stereocenters. The number of amides is 1. The third-order valence-electron chi connectivity index (χ3n) is 1.98. The molecule has 1 aromatic heterocycles. The van der Waals surface area contributed by atoms with E-state index >= 15 is 0 Å². The third kappa shape index (κ3) is 3.54. The van der Waals surface area contributed by atoms with Crippen LogP contribution in [0.2, 0.25) is 0 Å². The van der Waals surface area contributed by atoms with Crippen LogP contribution in [0.1, 0.15) is 6.92 Å². The fourth-order valence-corrected chi connectivity index (χ4v) is 1.18. The molecule has 1 rings (SSSR count). The molecule has 0 bridgehead atoms. The zero-order valence-electron chi connectivity index (χ0n) is 10.1. The fourth-order valence-electron chi connectivity index (χ4n) is 1.18. The van der Waals surface area contributed by atoms with Crippen LogP contribution in [0.15, 0.2) is 6.20 Å². The number of nitrogens with zero attached hydrogens (tertiary/aromatic N) is 3. The standard InChI is InChI=1S/C9H14N6O3/c1-3-11-7(16)5-12-8-6(15(17)18)4-13-9(10-2)14-8/h4H,3,5H2,1-2H3,(H,11,16)(H2,10,12,13,14). The molecule has 98 valence electrons.